The van der Waals surface area contributed by atoms with E-state index >= 15 is 0 Å². The molecule has 3 nitrogen and oxygen atoms in total. The smallest absolute Gasteiger partial charge is 0.338 e. The van der Waals surface area contributed by atoms with E-state index in [2.05, 4.69) is 32.6 Å². The maximum absolute atomic E-state index is 13.9. The Morgan fingerprint density at radius 2 is 1.53 bits per heavy atom. The number of hydrogen-bond acceptors (Lipinski definition) is 2. The van der Waals surface area contributed by atoms with Crippen LogP contribution in [0.2, 0.25) is 0 Å². The number of aromatic carboxylic acids is 1. The lowest BCUT2D eigenvalue weighted by atomic mass is 9.86. The van der Waals surface area contributed by atoms with Crippen LogP contribution in [0.1, 0.15) is 53.4 Å². The summed E-state index contributed by atoms with van der Waals surface area (Å²) in [5.41, 5.74) is 2.82. The van der Waals surface area contributed by atoms with Crippen molar-refractivity contribution in [2.75, 3.05) is 0 Å². The van der Waals surface area contributed by atoms with Gasteiger partial charge in [-0.1, -0.05) is 56.4 Å². The monoisotopic (exact) mass is 402 g/mol. The van der Waals surface area contributed by atoms with Crippen LogP contribution in [-0.2, 0) is 5.41 Å². The summed E-state index contributed by atoms with van der Waals surface area (Å²) in [7, 11) is 0. The second kappa shape index (κ2) is 8.42. The largest absolute Gasteiger partial charge is 0.478 e. The molecule has 0 aliphatic heterocycles. The quantitative estimate of drug-likeness (QED) is 0.521. The van der Waals surface area contributed by atoms with E-state index in [0.29, 0.717) is 16.9 Å². The van der Waals surface area contributed by atoms with Crippen LogP contribution >= 0.6 is 0 Å². The molecular formula is C26H23FO3. The van der Waals surface area contributed by atoms with Crippen molar-refractivity contribution in [3.8, 4) is 23.3 Å². The average Bonchev–Trinajstić information content (AvgIpc) is 2.67. The van der Waals surface area contributed by atoms with Gasteiger partial charge in [-0.2, -0.15) is 0 Å². The minimum atomic E-state index is -1.30. The number of ether oxygens (including phenoxy) is 1. The molecule has 0 aliphatic rings. The highest BCUT2D eigenvalue weighted by Crippen LogP contribution is 2.35. The van der Waals surface area contributed by atoms with Crippen LogP contribution < -0.4 is 4.74 Å². The summed E-state index contributed by atoms with van der Waals surface area (Å²) in [5, 5.41) is 8.93. The summed E-state index contributed by atoms with van der Waals surface area (Å²) in [6, 6.07) is 17.4. The number of aryl methyl sites for hydroxylation is 1. The molecule has 3 aromatic rings. The van der Waals surface area contributed by atoms with E-state index < -0.39 is 11.8 Å². The number of hydrogen-bond donors (Lipinski definition) is 1. The lowest BCUT2D eigenvalue weighted by Crippen LogP contribution is -2.12. The third-order valence-electron chi connectivity index (χ3n) is 4.59. The van der Waals surface area contributed by atoms with Gasteiger partial charge in [-0.05, 0) is 54.8 Å². The van der Waals surface area contributed by atoms with Gasteiger partial charge in [0.2, 0.25) is 0 Å². The van der Waals surface area contributed by atoms with E-state index in [-0.39, 0.29) is 11.0 Å². The Morgan fingerprint density at radius 1 is 0.933 bits per heavy atom. The molecule has 3 aromatic carbocycles. The first-order valence-corrected chi connectivity index (χ1v) is 9.57. The molecule has 4 heteroatoms. The highest BCUT2D eigenvalue weighted by Gasteiger charge is 2.19. The second-order valence-electron chi connectivity index (χ2n) is 8.13. The second-order valence-corrected chi connectivity index (χ2v) is 8.13. The molecule has 0 spiro atoms. The number of rotatable bonds is 3. The van der Waals surface area contributed by atoms with Crippen molar-refractivity contribution < 1.29 is 19.0 Å². The predicted octanol–water partition coefficient (Wildman–Crippen LogP) is 6.32. The Balaban J connectivity index is 1.95. The molecule has 0 bridgehead atoms. The van der Waals surface area contributed by atoms with Gasteiger partial charge < -0.3 is 9.84 Å². The fourth-order valence-electron chi connectivity index (χ4n) is 2.95. The summed E-state index contributed by atoms with van der Waals surface area (Å²) in [6.07, 6.45) is 0. The third kappa shape index (κ3) is 5.07. The van der Waals surface area contributed by atoms with Gasteiger partial charge in [0.05, 0.1) is 5.56 Å². The topological polar surface area (TPSA) is 46.5 Å². The van der Waals surface area contributed by atoms with Gasteiger partial charge >= 0.3 is 5.97 Å². The Hall–Kier alpha value is -3.58. The van der Waals surface area contributed by atoms with Crippen molar-refractivity contribution in [3.63, 3.8) is 0 Å². The number of carboxylic acid groups (broad SMARTS) is 1. The van der Waals surface area contributed by atoms with Gasteiger partial charge in [0, 0.05) is 16.7 Å². The highest BCUT2D eigenvalue weighted by atomic mass is 19.1. The Morgan fingerprint density at radius 3 is 2.10 bits per heavy atom. The van der Waals surface area contributed by atoms with Crippen LogP contribution in [0.4, 0.5) is 4.39 Å². The molecular weight excluding hydrogens is 379 g/mol. The predicted molar refractivity (Wildman–Crippen MR) is 116 cm³/mol. The van der Waals surface area contributed by atoms with Gasteiger partial charge in [-0.25, -0.2) is 9.18 Å². The van der Waals surface area contributed by atoms with E-state index in [4.69, 9.17) is 9.84 Å². The SMILES string of the molecule is Cc1ccc(Oc2cc(C#Cc3ccc(C(=O)O)c(F)c3)ccc2C(C)(C)C)cc1. The Kier molecular flexibility index (Phi) is 5.94. The normalized spacial score (nSPS) is 10.8. The summed E-state index contributed by atoms with van der Waals surface area (Å²) in [4.78, 5) is 10.9. The number of carboxylic acids is 1. The van der Waals surface area contributed by atoms with Gasteiger partial charge in [-0.3, -0.25) is 0 Å². The van der Waals surface area contributed by atoms with Gasteiger partial charge in [-0.15, -0.1) is 0 Å². The molecule has 0 amide bonds. The van der Waals surface area contributed by atoms with Crippen LogP contribution in [0.5, 0.6) is 11.5 Å². The summed E-state index contributed by atoms with van der Waals surface area (Å²) < 4.78 is 20.0. The van der Waals surface area contributed by atoms with Crippen molar-refractivity contribution in [1.82, 2.24) is 0 Å². The molecule has 0 aliphatic carbocycles. The molecule has 3 rings (SSSR count). The minimum Gasteiger partial charge on any atom is -0.478 e. The molecule has 30 heavy (non-hydrogen) atoms. The first kappa shape index (κ1) is 21.1. The molecule has 0 saturated carbocycles. The van der Waals surface area contributed by atoms with Crippen molar-refractivity contribution >= 4 is 5.97 Å². The van der Waals surface area contributed by atoms with Gasteiger partial charge in [0.25, 0.3) is 0 Å². The molecule has 0 atom stereocenters. The number of carbonyl (C=O) groups is 1. The molecule has 0 heterocycles. The fraction of sp³-hybridized carbons (Fsp3) is 0.192. The summed E-state index contributed by atoms with van der Waals surface area (Å²) in [6.45, 7) is 8.36. The van der Waals surface area contributed by atoms with Crippen LogP contribution in [0.3, 0.4) is 0 Å². The van der Waals surface area contributed by atoms with E-state index in [1.807, 2.05) is 49.4 Å². The average molecular weight is 402 g/mol. The Labute approximate surface area is 176 Å². The minimum absolute atomic E-state index is 0.123. The van der Waals surface area contributed by atoms with Crippen molar-refractivity contribution in [1.29, 1.82) is 0 Å². The van der Waals surface area contributed by atoms with Crippen LogP contribution in [0.25, 0.3) is 0 Å². The molecule has 0 saturated heterocycles. The summed E-state index contributed by atoms with van der Waals surface area (Å²) in [5.74, 6) is 5.24. The van der Waals surface area contributed by atoms with Crippen molar-refractivity contribution in [3.05, 3.63) is 94.3 Å². The van der Waals surface area contributed by atoms with Crippen LogP contribution in [0, 0.1) is 24.6 Å². The third-order valence-corrected chi connectivity index (χ3v) is 4.59. The van der Waals surface area contributed by atoms with Crippen molar-refractivity contribution in [2.24, 2.45) is 0 Å². The van der Waals surface area contributed by atoms with Crippen LogP contribution in [-0.4, -0.2) is 11.1 Å². The first-order valence-electron chi connectivity index (χ1n) is 9.57. The number of halogens is 1. The molecule has 0 radical (unpaired) electrons. The van der Waals surface area contributed by atoms with Gasteiger partial charge in [0.15, 0.2) is 0 Å². The molecule has 152 valence electrons. The zero-order valence-corrected chi connectivity index (χ0v) is 17.4. The fourth-order valence-corrected chi connectivity index (χ4v) is 2.95. The van der Waals surface area contributed by atoms with E-state index in [1.54, 1.807) is 0 Å². The number of benzene rings is 3. The molecule has 1 N–H and O–H groups in total. The molecule has 0 aromatic heterocycles. The first-order chi connectivity index (χ1) is 14.1. The van der Waals surface area contributed by atoms with Gasteiger partial charge in [0.1, 0.15) is 17.3 Å². The zero-order valence-electron chi connectivity index (χ0n) is 17.4. The zero-order chi connectivity index (χ0) is 21.9. The maximum atomic E-state index is 13.9. The maximum Gasteiger partial charge on any atom is 0.338 e. The standard InChI is InChI=1S/C26H23FO3/c1-17-5-11-20(12-6-17)30-24-16-19(10-14-22(24)26(2,3)4)8-7-18-9-13-21(25(28)29)23(27)15-18/h5-6,9-16H,1-4H3,(H,28,29). The van der Waals surface area contributed by atoms with Crippen molar-refractivity contribution in [2.45, 2.75) is 33.1 Å². The van der Waals surface area contributed by atoms with E-state index in [0.717, 1.165) is 22.9 Å². The van der Waals surface area contributed by atoms with E-state index in [9.17, 15) is 9.18 Å². The molecule has 0 unspecified atom stereocenters. The lowest BCUT2D eigenvalue weighted by molar-refractivity contribution is 0.0692. The van der Waals surface area contributed by atoms with E-state index in [1.165, 1.54) is 12.1 Å². The highest BCUT2D eigenvalue weighted by molar-refractivity contribution is 5.88. The lowest BCUT2D eigenvalue weighted by Gasteiger charge is -2.23. The molecule has 0 fully saturated rings. The summed E-state index contributed by atoms with van der Waals surface area (Å²) >= 11 is 0. The Bertz CT molecular complexity index is 1140. The van der Waals surface area contributed by atoms with Crippen LogP contribution in [0.15, 0.2) is 60.7 Å².